The molecule has 0 aromatic carbocycles. The van der Waals surface area contributed by atoms with Gasteiger partial charge in [0.15, 0.2) is 0 Å². The summed E-state index contributed by atoms with van der Waals surface area (Å²) in [6.45, 7) is 7.48. The van der Waals surface area contributed by atoms with Crippen LogP contribution in [0.25, 0.3) is 0 Å². The van der Waals surface area contributed by atoms with Crippen LogP contribution in [-0.2, 0) is 4.74 Å². The standard InChI is InChI=1S/C13H26N2O/c1-2-15(9-12-5-3-8-16-12)11-13(10-14)6-4-7-13/h12H,2-11,14H2,1H3. The van der Waals surface area contributed by atoms with E-state index in [1.54, 1.807) is 0 Å². The average Bonchev–Trinajstić information content (AvgIpc) is 2.74. The fraction of sp³-hybridized carbons (Fsp3) is 1.00. The molecule has 0 bridgehead atoms. The summed E-state index contributed by atoms with van der Waals surface area (Å²) in [5, 5.41) is 0. The summed E-state index contributed by atoms with van der Waals surface area (Å²) in [7, 11) is 0. The molecule has 0 amide bonds. The SMILES string of the molecule is CCN(CC1CCCO1)CC1(CN)CCC1. The minimum Gasteiger partial charge on any atom is -0.377 e. The number of hydrogen-bond acceptors (Lipinski definition) is 3. The van der Waals surface area contributed by atoms with Crippen molar-refractivity contribution >= 4 is 0 Å². The van der Waals surface area contributed by atoms with Crippen molar-refractivity contribution in [3.05, 3.63) is 0 Å². The lowest BCUT2D eigenvalue weighted by Gasteiger charge is -2.44. The highest BCUT2D eigenvalue weighted by molar-refractivity contribution is 4.91. The second kappa shape index (κ2) is 5.48. The van der Waals surface area contributed by atoms with E-state index in [9.17, 15) is 0 Å². The molecular weight excluding hydrogens is 200 g/mol. The van der Waals surface area contributed by atoms with Gasteiger partial charge in [0, 0.05) is 19.7 Å². The van der Waals surface area contributed by atoms with Crippen LogP contribution < -0.4 is 5.73 Å². The highest BCUT2D eigenvalue weighted by Crippen LogP contribution is 2.40. The van der Waals surface area contributed by atoms with Crippen LogP contribution in [0.2, 0.25) is 0 Å². The van der Waals surface area contributed by atoms with E-state index in [0.717, 1.165) is 26.2 Å². The van der Waals surface area contributed by atoms with Gasteiger partial charge in [0.2, 0.25) is 0 Å². The molecule has 0 spiro atoms. The Morgan fingerprint density at radius 2 is 2.19 bits per heavy atom. The van der Waals surface area contributed by atoms with Crippen molar-refractivity contribution in [2.75, 3.05) is 32.8 Å². The fourth-order valence-electron chi connectivity index (χ4n) is 2.96. The monoisotopic (exact) mass is 226 g/mol. The van der Waals surface area contributed by atoms with Gasteiger partial charge in [-0.3, -0.25) is 0 Å². The molecule has 2 aliphatic rings. The van der Waals surface area contributed by atoms with E-state index in [0.29, 0.717) is 11.5 Å². The van der Waals surface area contributed by atoms with Gasteiger partial charge in [-0.05, 0) is 44.2 Å². The van der Waals surface area contributed by atoms with Gasteiger partial charge in [0.05, 0.1) is 6.10 Å². The van der Waals surface area contributed by atoms with Gasteiger partial charge >= 0.3 is 0 Å². The zero-order valence-corrected chi connectivity index (χ0v) is 10.6. The molecule has 0 radical (unpaired) electrons. The molecule has 3 nitrogen and oxygen atoms in total. The third-order valence-electron chi connectivity index (χ3n) is 4.34. The highest BCUT2D eigenvalue weighted by Gasteiger charge is 2.37. The van der Waals surface area contributed by atoms with Gasteiger partial charge < -0.3 is 15.4 Å². The van der Waals surface area contributed by atoms with Crippen LogP contribution in [0, 0.1) is 5.41 Å². The molecule has 1 unspecified atom stereocenters. The van der Waals surface area contributed by atoms with Crippen LogP contribution in [-0.4, -0.2) is 43.8 Å². The number of nitrogens with two attached hydrogens (primary N) is 1. The minimum absolute atomic E-state index is 0.439. The molecule has 2 fully saturated rings. The first-order valence-electron chi connectivity index (χ1n) is 6.82. The lowest BCUT2D eigenvalue weighted by Crippen LogP contribution is -2.48. The van der Waals surface area contributed by atoms with Crippen molar-refractivity contribution in [1.29, 1.82) is 0 Å². The zero-order valence-electron chi connectivity index (χ0n) is 10.6. The van der Waals surface area contributed by atoms with Crippen molar-refractivity contribution in [3.63, 3.8) is 0 Å². The molecule has 2 rings (SSSR count). The molecule has 2 N–H and O–H groups in total. The van der Waals surface area contributed by atoms with Gasteiger partial charge in [-0.25, -0.2) is 0 Å². The predicted molar refractivity (Wildman–Crippen MR) is 66.4 cm³/mol. The van der Waals surface area contributed by atoms with Crippen molar-refractivity contribution in [2.24, 2.45) is 11.1 Å². The van der Waals surface area contributed by atoms with Crippen LogP contribution in [0.1, 0.15) is 39.0 Å². The van der Waals surface area contributed by atoms with Gasteiger partial charge in [0.25, 0.3) is 0 Å². The summed E-state index contributed by atoms with van der Waals surface area (Å²) in [5.74, 6) is 0. The number of ether oxygens (including phenoxy) is 1. The average molecular weight is 226 g/mol. The predicted octanol–water partition coefficient (Wildman–Crippen LogP) is 1.62. The van der Waals surface area contributed by atoms with Gasteiger partial charge in [-0.1, -0.05) is 13.3 Å². The first-order valence-corrected chi connectivity index (χ1v) is 6.82. The van der Waals surface area contributed by atoms with E-state index in [-0.39, 0.29) is 0 Å². The summed E-state index contributed by atoms with van der Waals surface area (Å²) in [4.78, 5) is 2.54. The Morgan fingerprint density at radius 3 is 2.62 bits per heavy atom. The topological polar surface area (TPSA) is 38.5 Å². The van der Waals surface area contributed by atoms with E-state index >= 15 is 0 Å². The molecule has 1 saturated carbocycles. The molecule has 1 saturated heterocycles. The van der Waals surface area contributed by atoms with E-state index in [2.05, 4.69) is 11.8 Å². The van der Waals surface area contributed by atoms with Gasteiger partial charge in [-0.2, -0.15) is 0 Å². The first-order chi connectivity index (χ1) is 7.78. The molecule has 16 heavy (non-hydrogen) atoms. The molecule has 1 aliphatic heterocycles. The van der Waals surface area contributed by atoms with E-state index in [1.165, 1.54) is 38.6 Å². The highest BCUT2D eigenvalue weighted by atomic mass is 16.5. The molecule has 0 aromatic rings. The maximum Gasteiger partial charge on any atom is 0.0702 e. The van der Waals surface area contributed by atoms with Crippen molar-refractivity contribution in [3.8, 4) is 0 Å². The van der Waals surface area contributed by atoms with Gasteiger partial charge in [-0.15, -0.1) is 0 Å². The van der Waals surface area contributed by atoms with Crippen molar-refractivity contribution in [2.45, 2.75) is 45.1 Å². The maximum atomic E-state index is 5.92. The molecule has 1 heterocycles. The Labute approximate surface area is 99.3 Å². The second-order valence-corrected chi connectivity index (χ2v) is 5.52. The largest absolute Gasteiger partial charge is 0.377 e. The van der Waals surface area contributed by atoms with Crippen LogP contribution in [0.3, 0.4) is 0 Å². The van der Waals surface area contributed by atoms with E-state index in [4.69, 9.17) is 10.5 Å². The van der Waals surface area contributed by atoms with Crippen LogP contribution >= 0.6 is 0 Å². The Hall–Kier alpha value is -0.120. The first kappa shape index (κ1) is 12.3. The Kier molecular flexibility index (Phi) is 4.22. The molecule has 94 valence electrons. The normalized spacial score (nSPS) is 28.3. The maximum absolute atomic E-state index is 5.92. The third-order valence-corrected chi connectivity index (χ3v) is 4.34. The molecule has 1 aliphatic carbocycles. The quantitative estimate of drug-likeness (QED) is 0.748. The second-order valence-electron chi connectivity index (χ2n) is 5.52. The lowest BCUT2D eigenvalue weighted by molar-refractivity contribution is 0.0329. The Balaban J connectivity index is 1.79. The van der Waals surface area contributed by atoms with Crippen LogP contribution in [0.4, 0.5) is 0 Å². The molecule has 3 heteroatoms. The Morgan fingerprint density at radius 1 is 1.38 bits per heavy atom. The zero-order chi connectivity index (χ0) is 11.4. The van der Waals surface area contributed by atoms with E-state index < -0.39 is 0 Å². The number of nitrogens with zero attached hydrogens (tertiary/aromatic N) is 1. The summed E-state index contributed by atoms with van der Waals surface area (Å²) in [6.07, 6.45) is 6.98. The number of rotatable bonds is 6. The number of likely N-dealkylation sites (N-methyl/N-ethyl adjacent to an activating group) is 1. The lowest BCUT2D eigenvalue weighted by atomic mass is 9.68. The minimum atomic E-state index is 0.439. The summed E-state index contributed by atoms with van der Waals surface area (Å²) in [6, 6.07) is 0. The summed E-state index contributed by atoms with van der Waals surface area (Å²) < 4.78 is 5.71. The Bertz CT molecular complexity index is 204. The molecule has 1 atom stereocenters. The van der Waals surface area contributed by atoms with Crippen molar-refractivity contribution in [1.82, 2.24) is 4.90 Å². The number of hydrogen-bond donors (Lipinski definition) is 1. The summed E-state index contributed by atoms with van der Waals surface area (Å²) >= 11 is 0. The molecular formula is C13H26N2O. The van der Waals surface area contributed by atoms with E-state index in [1.807, 2.05) is 0 Å². The fourth-order valence-corrected chi connectivity index (χ4v) is 2.96. The van der Waals surface area contributed by atoms with Gasteiger partial charge in [0.1, 0.15) is 0 Å². The van der Waals surface area contributed by atoms with Crippen LogP contribution in [0.15, 0.2) is 0 Å². The summed E-state index contributed by atoms with van der Waals surface area (Å²) in [5.41, 5.74) is 6.36. The van der Waals surface area contributed by atoms with Crippen molar-refractivity contribution < 1.29 is 4.74 Å². The molecule has 0 aromatic heterocycles. The third kappa shape index (κ3) is 2.76. The van der Waals surface area contributed by atoms with Crippen LogP contribution in [0.5, 0.6) is 0 Å². The smallest absolute Gasteiger partial charge is 0.0702 e.